The van der Waals surface area contributed by atoms with Crippen molar-refractivity contribution in [1.29, 1.82) is 0 Å². The van der Waals surface area contributed by atoms with Gasteiger partial charge in [-0.3, -0.25) is 0 Å². The van der Waals surface area contributed by atoms with E-state index in [-0.39, 0.29) is 5.82 Å². The van der Waals surface area contributed by atoms with Gasteiger partial charge in [-0.15, -0.1) is 0 Å². The Morgan fingerprint density at radius 3 is 2.74 bits per heavy atom. The highest BCUT2D eigenvalue weighted by atomic mass is 19.1. The van der Waals surface area contributed by atoms with Crippen molar-refractivity contribution in [2.24, 2.45) is 5.92 Å². The smallest absolute Gasteiger partial charge is 0.295 e. The van der Waals surface area contributed by atoms with Gasteiger partial charge in [-0.1, -0.05) is 12.8 Å². The molecule has 0 atom stereocenters. The number of oxazole rings is 1. The molecule has 1 aromatic heterocycles. The number of hydrogen-bond donors (Lipinski definition) is 1. The Morgan fingerprint density at radius 1 is 1.17 bits per heavy atom. The van der Waals surface area contributed by atoms with Crippen LogP contribution in [0, 0.1) is 11.7 Å². The third-order valence-corrected chi connectivity index (χ3v) is 5.26. The fourth-order valence-corrected chi connectivity index (χ4v) is 3.95. The van der Waals surface area contributed by atoms with Gasteiger partial charge in [-0.2, -0.15) is 4.98 Å². The zero-order valence-corrected chi connectivity index (χ0v) is 13.4. The maximum Gasteiger partial charge on any atom is 0.295 e. The molecule has 1 saturated heterocycles. The molecular weight excluding hydrogens is 293 g/mol. The Hall–Kier alpha value is -1.62. The molecule has 124 valence electrons. The van der Waals surface area contributed by atoms with Crippen LogP contribution in [0.4, 0.5) is 10.4 Å². The first-order valence-electron chi connectivity index (χ1n) is 8.81. The lowest BCUT2D eigenvalue weighted by Crippen LogP contribution is -2.41. The number of anilines is 1. The number of benzene rings is 1. The molecule has 4 nitrogen and oxygen atoms in total. The third-order valence-electron chi connectivity index (χ3n) is 5.26. The summed E-state index contributed by atoms with van der Waals surface area (Å²) < 4.78 is 18.9. The van der Waals surface area contributed by atoms with Gasteiger partial charge in [0, 0.05) is 31.7 Å². The first-order valence-corrected chi connectivity index (χ1v) is 8.81. The van der Waals surface area contributed by atoms with Crippen molar-refractivity contribution in [2.45, 2.75) is 44.6 Å². The molecule has 0 amide bonds. The highest BCUT2D eigenvalue weighted by Crippen LogP contribution is 2.27. The first kappa shape index (κ1) is 14.9. The van der Waals surface area contributed by atoms with Crippen LogP contribution in [0.3, 0.4) is 0 Å². The number of halogens is 1. The molecule has 1 N–H and O–H groups in total. The first-order chi connectivity index (χ1) is 11.3. The summed E-state index contributed by atoms with van der Waals surface area (Å²) in [7, 11) is 0. The summed E-state index contributed by atoms with van der Waals surface area (Å²) in [5, 5.41) is 3.38. The number of fused-ring (bicyclic) bond motifs is 1. The van der Waals surface area contributed by atoms with Crippen LogP contribution in [0.1, 0.15) is 38.5 Å². The monoisotopic (exact) mass is 317 g/mol. The quantitative estimate of drug-likeness (QED) is 0.924. The van der Waals surface area contributed by atoms with Gasteiger partial charge in [-0.25, -0.2) is 4.39 Å². The van der Waals surface area contributed by atoms with Gasteiger partial charge in [-0.05, 0) is 43.7 Å². The van der Waals surface area contributed by atoms with Crippen molar-refractivity contribution in [2.75, 3.05) is 25.0 Å². The molecule has 0 unspecified atom stereocenters. The van der Waals surface area contributed by atoms with Crippen LogP contribution < -0.4 is 5.32 Å². The second kappa shape index (κ2) is 6.48. The molecule has 4 rings (SSSR count). The van der Waals surface area contributed by atoms with Crippen LogP contribution >= 0.6 is 0 Å². The number of likely N-dealkylation sites (tertiary alicyclic amines) is 1. The molecule has 1 aromatic carbocycles. The van der Waals surface area contributed by atoms with E-state index in [2.05, 4.69) is 15.2 Å². The van der Waals surface area contributed by atoms with Crippen LogP contribution in [-0.2, 0) is 0 Å². The second-order valence-corrected chi connectivity index (χ2v) is 7.00. The van der Waals surface area contributed by atoms with E-state index < -0.39 is 0 Å². The van der Waals surface area contributed by atoms with E-state index in [0.717, 1.165) is 31.8 Å². The van der Waals surface area contributed by atoms with Gasteiger partial charge < -0.3 is 14.6 Å². The molecule has 2 aliphatic rings. The Labute approximate surface area is 136 Å². The number of aromatic nitrogens is 1. The summed E-state index contributed by atoms with van der Waals surface area (Å²) in [6.45, 7) is 3.56. The number of nitrogens with one attached hydrogen (secondary N) is 1. The lowest BCUT2D eigenvalue weighted by molar-refractivity contribution is 0.188. The Kier molecular flexibility index (Phi) is 4.21. The fraction of sp³-hybridized carbons (Fsp3) is 0.611. The SMILES string of the molecule is Fc1ccc2oc(NC3CCN(CC4CCCC4)CC3)nc2c1. The van der Waals surface area contributed by atoms with E-state index in [1.165, 1.54) is 44.4 Å². The summed E-state index contributed by atoms with van der Waals surface area (Å²) in [6.07, 6.45) is 7.89. The molecular formula is C18H24FN3O. The molecule has 0 spiro atoms. The molecule has 2 fully saturated rings. The lowest BCUT2D eigenvalue weighted by Gasteiger charge is -2.33. The van der Waals surface area contributed by atoms with Crippen molar-refractivity contribution < 1.29 is 8.81 Å². The van der Waals surface area contributed by atoms with E-state index in [1.54, 1.807) is 6.07 Å². The van der Waals surface area contributed by atoms with Crippen molar-refractivity contribution in [1.82, 2.24) is 9.88 Å². The maximum atomic E-state index is 13.2. The summed E-state index contributed by atoms with van der Waals surface area (Å²) >= 11 is 0. The van der Waals surface area contributed by atoms with Crippen molar-refractivity contribution >= 4 is 17.1 Å². The van der Waals surface area contributed by atoms with Crippen molar-refractivity contribution in [3.05, 3.63) is 24.0 Å². The summed E-state index contributed by atoms with van der Waals surface area (Å²) in [5.41, 5.74) is 1.21. The average molecular weight is 317 g/mol. The molecule has 0 bridgehead atoms. The zero-order valence-electron chi connectivity index (χ0n) is 13.4. The molecule has 2 aromatic rings. The van der Waals surface area contributed by atoms with Gasteiger partial charge >= 0.3 is 0 Å². The van der Waals surface area contributed by atoms with Crippen LogP contribution in [0.5, 0.6) is 0 Å². The minimum Gasteiger partial charge on any atom is -0.424 e. The predicted octanol–water partition coefficient (Wildman–Crippen LogP) is 4.03. The number of piperidine rings is 1. The minimum atomic E-state index is -0.280. The van der Waals surface area contributed by atoms with E-state index in [9.17, 15) is 4.39 Å². The van der Waals surface area contributed by atoms with Crippen LogP contribution in [0.2, 0.25) is 0 Å². The molecule has 2 heterocycles. The highest BCUT2D eigenvalue weighted by molar-refractivity contribution is 5.74. The van der Waals surface area contributed by atoms with Gasteiger partial charge in [0.25, 0.3) is 6.01 Å². The zero-order chi connectivity index (χ0) is 15.6. The number of hydrogen-bond acceptors (Lipinski definition) is 4. The molecule has 1 aliphatic heterocycles. The molecule has 0 radical (unpaired) electrons. The molecule has 23 heavy (non-hydrogen) atoms. The van der Waals surface area contributed by atoms with E-state index in [1.807, 2.05) is 0 Å². The lowest BCUT2D eigenvalue weighted by atomic mass is 10.0. The van der Waals surface area contributed by atoms with Crippen LogP contribution in [0.15, 0.2) is 22.6 Å². The topological polar surface area (TPSA) is 41.3 Å². The van der Waals surface area contributed by atoms with E-state index in [0.29, 0.717) is 23.2 Å². The van der Waals surface area contributed by atoms with E-state index in [4.69, 9.17) is 4.42 Å². The highest BCUT2D eigenvalue weighted by Gasteiger charge is 2.24. The molecule has 1 aliphatic carbocycles. The van der Waals surface area contributed by atoms with Gasteiger partial charge in [0.15, 0.2) is 5.58 Å². The summed E-state index contributed by atoms with van der Waals surface area (Å²) in [5.74, 6) is 0.643. The van der Waals surface area contributed by atoms with Gasteiger partial charge in [0.2, 0.25) is 0 Å². The van der Waals surface area contributed by atoms with Crippen LogP contribution in [-0.4, -0.2) is 35.6 Å². The van der Waals surface area contributed by atoms with Crippen LogP contribution in [0.25, 0.3) is 11.1 Å². The van der Waals surface area contributed by atoms with Crippen molar-refractivity contribution in [3.63, 3.8) is 0 Å². The van der Waals surface area contributed by atoms with Gasteiger partial charge in [0.1, 0.15) is 11.3 Å². The third kappa shape index (κ3) is 3.50. The normalized spacial score (nSPS) is 21.3. The standard InChI is InChI=1S/C18H24FN3O/c19-14-5-6-17-16(11-14)21-18(23-17)20-15-7-9-22(10-8-15)12-13-3-1-2-4-13/h5-6,11,13,15H,1-4,7-10,12H2,(H,20,21). The number of nitrogens with zero attached hydrogens (tertiary/aromatic N) is 2. The summed E-state index contributed by atoms with van der Waals surface area (Å²) in [4.78, 5) is 6.95. The second-order valence-electron chi connectivity index (χ2n) is 7.00. The maximum absolute atomic E-state index is 13.2. The molecule has 5 heteroatoms. The Morgan fingerprint density at radius 2 is 1.96 bits per heavy atom. The Bertz CT molecular complexity index is 657. The van der Waals surface area contributed by atoms with Gasteiger partial charge in [0.05, 0.1) is 0 Å². The number of rotatable bonds is 4. The van der Waals surface area contributed by atoms with Crippen molar-refractivity contribution in [3.8, 4) is 0 Å². The fourth-order valence-electron chi connectivity index (χ4n) is 3.95. The summed E-state index contributed by atoms with van der Waals surface area (Å²) in [6, 6.07) is 5.35. The Balaban J connectivity index is 1.31. The molecule has 1 saturated carbocycles. The minimum absolute atomic E-state index is 0.280. The van der Waals surface area contributed by atoms with E-state index >= 15 is 0 Å². The predicted molar refractivity (Wildman–Crippen MR) is 89.0 cm³/mol. The largest absolute Gasteiger partial charge is 0.424 e. The average Bonchev–Trinajstić information content (AvgIpc) is 3.18.